The molecule has 1 N–H and O–H groups in total. The summed E-state index contributed by atoms with van der Waals surface area (Å²) in [5.74, 6) is 4.16. The summed E-state index contributed by atoms with van der Waals surface area (Å²) >= 11 is 0. The maximum Gasteiger partial charge on any atom is 0.220 e. The molecule has 0 saturated heterocycles. The quantitative estimate of drug-likeness (QED) is 0.833. The Balaban J connectivity index is 1.58. The van der Waals surface area contributed by atoms with Crippen molar-refractivity contribution in [3.8, 4) is 17.2 Å². The Kier molecular flexibility index (Phi) is 5.17. The van der Waals surface area contributed by atoms with Crippen LogP contribution < -0.4 is 19.5 Å². The van der Waals surface area contributed by atoms with Crippen LogP contribution in [0.5, 0.6) is 17.2 Å². The van der Waals surface area contributed by atoms with Gasteiger partial charge in [0.05, 0.1) is 21.3 Å². The summed E-state index contributed by atoms with van der Waals surface area (Å²) in [7, 11) is 4.76. The van der Waals surface area contributed by atoms with Crippen LogP contribution in [0.15, 0.2) is 12.1 Å². The van der Waals surface area contributed by atoms with Crippen molar-refractivity contribution in [1.82, 2.24) is 5.32 Å². The normalized spacial score (nSPS) is 24.7. The molecule has 2 fully saturated rings. The summed E-state index contributed by atoms with van der Waals surface area (Å²) in [6.07, 6.45) is 5.92. The van der Waals surface area contributed by atoms with Gasteiger partial charge in [0.1, 0.15) is 0 Å². The van der Waals surface area contributed by atoms with Gasteiger partial charge in [0.25, 0.3) is 0 Å². The fraction of sp³-hybridized carbons (Fsp3) is 0.632. The van der Waals surface area contributed by atoms with E-state index in [-0.39, 0.29) is 5.91 Å². The number of nitrogens with one attached hydrogen (secondary N) is 1. The lowest BCUT2D eigenvalue weighted by Gasteiger charge is -2.21. The van der Waals surface area contributed by atoms with E-state index >= 15 is 0 Å². The standard InChI is InChI=1S/C19H27NO4/c1-22-16-8-13(9-17(23-2)19(16)24-3)11-20-18(21)10-15-7-12-4-5-14(15)6-12/h8-9,12,14-15H,4-7,10-11H2,1-3H3,(H,20,21)/t12-,14+,15-/m0/s1. The van der Waals surface area contributed by atoms with Gasteiger partial charge in [-0.3, -0.25) is 4.79 Å². The predicted octanol–water partition coefficient (Wildman–Crippen LogP) is 3.15. The monoisotopic (exact) mass is 333 g/mol. The SMILES string of the molecule is COc1cc(CNC(=O)C[C@@H]2C[C@H]3CC[C@@H]2C3)cc(OC)c1OC. The van der Waals surface area contributed by atoms with E-state index in [9.17, 15) is 4.79 Å². The van der Waals surface area contributed by atoms with Crippen LogP contribution in [0.2, 0.25) is 0 Å². The van der Waals surface area contributed by atoms with E-state index in [1.807, 2.05) is 12.1 Å². The van der Waals surface area contributed by atoms with Crippen LogP contribution in [0.25, 0.3) is 0 Å². The van der Waals surface area contributed by atoms with Crippen molar-refractivity contribution < 1.29 is 19.0 Å². The lowest BCUT2D eigenvalue weighted by molar-refractivity contribution is -0.122. The van der Waals surface area contributed by atoms with Gasteiger partial charge >= 0.3 is 0 Å². The third-order valence-corrected chi connectivity index (χ3v) is 5.55. The van der Waals surface area contributed by atoms with Gasteiger partial charge in [-0.15, -0.1) is 0 Å². The minimum absolute atomic E-state index is 0.140. The van der Waals surface area contributed by atoms with Crippen LogP contribution in [0.3, 0.4) is 0 Å². The average Bonchev–Trinajstić information content (AvgIpc) is 3.21. The van der Waals surface area contributed by atoms with E-state index in [1.165, 1.54) is 25.7 Å². The molecule has 0 radical (unpaired) electrons. The largest absolute Gasteiger partial charge is 0.493 e. The molecule has 24 heavy (non-hydrogen) atoms. The van der Waals surface area contributed by atoms with Gasteiger partial charge in [-0.1, -0.05) is 6.42 Å². The first kappa shape index (κ1) is 16.9. The zero-order valence-electron chi connectivity index (χ0n) is 14.8. The van der Waals surface area contributed by atoms with E-state index in [0.717, 1.165) is 17.4 Å². The van der Waals surface area contributed by atoms with Gasteiger partial charge < -0.3 is 19.5 Å². The molecular formula is C19H27NO4. The van der Waals surface area contributed by atoms with E-state index < -0.39 is 0 Å². The molecular weight excluding hydrogens is 306 g/mol. The number of amides is 1. The first-order chi connectivity index (χ1) is 11.6. The molecule has 0 spiro atoms. The van der Waals surface area contributed by atoms with Crippen molar-refractivity contribution in [1.29, 1.82) is 0 Å². The summed E-state index contributed by atoms with van der Waals surface area (Å²) < 4.78 is 16.0. The molecule has 0 aliphatic heterocycles. The second-order valence-electron chi connectivity index (χ2n) is 6.95. The van der Waals surface area contributed by atoms with Gasteiger partial charge in [-0.05, 0) is 54.7 Å². The molecule has 0 heterocycles. The summed E-state index contributed by atoms with van der Waals surface area (Å²) in [6, 6.07) is 3.75. The van der Waals surface area contributed by atoms with Crippen LogP contribution in [-0.4, -0.2) is 27.2 Å². The molecule has 5 heteroatoms. The summed E-state index contributed by atoms with van der Waals surface area (Å²) in [5.41, 5.74) is 0.936. The highest BCUT2D eigenvalue weighted by molar-refractivity contribution is 5.76. The van der Waals surface area contributed by atoms with Gasteiger partial charge in [-0.25, -0.2) is 0 Å². The Morgan fingerprint density at radius 2 is 1.79 bits per heavy atom. The highest BCUT2D eigenvalue weighted by atomic mass is 16.5. The highest BCUT2D eigenvalue weighted by Gasteiger charge is 2.40. The van der Waals surface area contributed by atoms with Crippen molar-refractivity contribution >= 4 is 5.91 Å². The molecule has 2 aliphatic carbocycles. The maximum atomic E-state index is 12.3. The Hall–Kier alpha value is -1.91. The zero-order chi connectivity index (χ0) is 17.1. The summed E-state index contributed by atoms with van der Waals surface area (Å²) in [6.45, 7) is 0.469. The summed E-state index contributed by atoms with van der Waals surface area (Å²) in [5, 5.41) is 3.03. The molecule has 1 amide bonds. The molecule has 0 aromatic heterocycles. The molecule has 1 aromatic carbocycles. The number of ether oxygens (including phenoxy) is 3. The third kappa shape index (κ3) is 3.45. The number of carbonyl (C=O) groups is 1. The molecule has 2 bridgehead atoms. The van der Waals surface area contributed by atoms with Gasteiger partial charge in [0.15, 0.2) is 11.5 Å². The number of rotatable bonds is 7. The number of hydrogen-bond acceptors (Lipinski definition) is 4. The topological polar surface area (TPSA) is 56.8 Å². The molecule has 0 unspecified atom stereocenters. The Bertz CT molecular complexity index is 576. The van der Waals surface area contributed by atoms with E-state index in [2.05, 4.69) is 5.32 Å². The second-order valence-corrected chi connectivity index (χ2v) is 6.95. The molecule has 132 valence electrons. The fourth-order valence-electron chi connectivity index (χ4n) is 4.37. The third-order valence-electron chi connectivity index (χ3n) is 5.55. The second kappa shape index (κ2) is 7.32. The number of hydrogen-bond donors (Lipinski definition) is 1. The van der Waals surface area contributed by atoms with Crippen molar-refractivity contribution in [3.63, 3.8) is 0 Å². The van der Waals surface area contributed by atoms with E-state index in [0.29, 0.717) is 36.1 Å². The lowest BCUT2D eigenvalue weighted by Crippen LogP contribution is -2.27. The Labute approximate surface area is 143 Å². The van der Waals surface area contributed by atoms with Crippen molar-refractivity contribution in [2.45, 2.75) is 38.6 Å². The average molecular weight is 333 g/mol. The van der Waals surface area contributed by atoms with Gasteiger partial charge in [0, 0.05) is 13.0 Å². The molecule has 5 nitrogen and oxygen atoms in total. The van der Waals surface area contributed by atoms with Crippen molar-refractivity contribution in [3.05, 3.63) is 17.7 Å². The molecule has 2 saturated carbocycles. The van der Waals surface area contributed by atoms with E-state index in [4.69, 9.17) is 14.2 Å². The first-order valence-corrected chi connectivity index (χ1v) is 8.70. The summed E-state index contributed by atoms with van der Waals surface area (Å²) in [4.78, 5) is 12.3. The maximum absolute atomic E-state index is 12.3. The zero-order valence-corrected chi connectivity index (χ0v) is 14.8. The predicted molar refractivity (Wildman–Crippen MR) is 91.5 cm³/mol. The molecule has 2 aliphatic rings. The van der Waals surface area contributed by atoms with Crippen LogP contribution in [0.4, 0.5) is 0 Å². The first-order valence-electron chi connectivity index (χ1n) is 8.70. The van der Waals surface area contributed by atoms with Crippen molar-refractivity contribution in [2.75, 3.05) is 21.3 Å². The number of benzene rings is 1. The van der Waals surface area contributed by atoms with Gasteiger partial charge in [0.2, 0.25) is 11.7 Å². The Morgan fingerprint density at radius 1 is 1.08 bits per heavy atom. The minimum Gasteiger partial charge on any atom is -0.493 e. The van der Waals surface area contributed by atoms with Gasteiger partial charge in [-0.2, -0.15) is 0 Å². The fourth-order valence-corrected chi connectivity index (χ4v) is 4.37. The van der Waals surface area contributed by atoms with E-state index in [1.54, 1.807) is 21.3 Å². The minimum atomic E-state index is 0.140. The van der Waals surface area contributed by atoms with Crippen LogP contribution >= 0.6 is 0 Å². The number of fused-ring (bicyclic) bond motifs is 2. The smallest absolute Gasteiger partial charge is 0.220 e. The van der Waals surface area contributed by atoms with Crippen molar-refractivity contribution in [2.24, 2.45) is 17.8 Å². The lowest BCUT2D eigenvalue weighted by atomic mass is 9.86. The molecule has 3 atom stereocenters. The number of methoxy groups -OCH3 is 3. The van der Waals surface area contributed by atoms with Crippen LogP contribution in [0, 0.1) is 17.8 Å². The molecule has 3 rings (SSSR count). The highest BCUT2D eigenvalue weighted by Crippen LogP contribution is 2.49. The molecule has 1 aromatic rings. The Morgan fingerprint density at radius 3 is 2.29 bits per heavy atom. The number of carbonyl (C=O) groups excluding carboxylic acids is 1. The van der Waals surface area contributed by atoms with Crippen LogP contribution in [-0.2, 0) is 11.3 Å². The van der Waals surface area contributed by atoms with Crippen LogP contribution in [0.1, 0.15) is 37.7 Å².